The molecule has 0 radical (unpaired) electrons. The van der Waals surface area contributed by atoms with E-state index in [4.69, 9.17) is 0 Å². The van der Waals surface area contributed by atoms with Gasteiger partial charge in [0.1, 0.15) is 0 Å². The number of hydrogen-bond donors (Lipinski definition) is 1. The summed E-state index contributed by atoms with van der Waals surface area (Å²) in [5, 5.41) is 13.3. The van der Waals surface area contributed by atoms with Crippen molar-refractivity contribution in [2.45, 2.75) is 0 Å². The highest BCUT2D eigenvalue weighted by Crippen LogP contribution is 2.18. The van der Waals surface area contributed by atoms with Crippen molar-refractivity contribution in [2.24, 2.45) is 5.10 Å². The molecule has 4 nitrogen and oxygen atoms in total. The molecular weight excluding hydrogens is 164 g/mol. The monoisotopic (exact) mass is 172 g/mol. The van der Waals surface area contributed by atoms with Crippen molar-refractivity contribution >= 4 is 23.3 Å². The average Bonchev–Trinajstić information content (AvgIpc) is 2.19. The standard InChI is InChI=1S/C9H8N4/c1-10-12-9-8-5-3-2-4-7(8)6-11-13-9/h2-6H,1H2,(H,12,13). The Morgan fingerprint density at radius 3 is 3.00 bits per heavy atom. The second-order valence-corrected chi connectivity index (χ2v) is 2.55. The maximum atomic E-state index is 3.90. The average molecular weight is 172 g/mol. The van der Waals surface area contributed by atoms with Crippen LogP contribution in [0.3, 0.4) is 0 Å². The van der Waals surface area contributed by atoms with Crippen molar-refractivity contribution in [1.82, 2.24) is 10.2 Å². The summed E-state index contributed by atoms with van der Waals surface area (Å²) in [6.07, 6.45) is 1.71. The number of nitrogens with one attached hydrogen (secondary N) is 1. The molecule has 1 aromatic heterocycles. The zero-order valence-corrected chi connectivity index (χ0v) is 6.94. The fraction of sp³-hybridized carbons (Fsp3) is 0. The predicted molar refractivity (Wildman–Crippen MR) is 52.7 cm³/mol. The molecule has 64 valence electrons. The summed E-state index contributed by atoms with van der Waals surface area (Å²) in [6.45, 7) is 3.33. The van der Waals surface area contributed by atoms with Crippen molar-refractivity contribution in [3.8, 4) is 0 Å². The first-order valence-corrected chi connectivity index (χ1v) is 3.84. The number of rotatable bonds is 2. The summed E-state index contributed by atoms with van der Waals surface area (Å²) in [5.74, 6) is 0.633. The second kappa shape index (κ2) is 3.18. The van der Waals surface area contributed by atoms with Crippen LogP contribution in [0, 0.1) is 0 Å². The first-order chi connectivity index (χ1) is 6.42. The second-order valence-electron chi connectivity index (χ2n) is 2.55. The van der Waals surface area contributed by atoms with Gasteiger partial charge in [0.25, 0.3) is 0 Å². The molecule has 0 spiro atoms. The Morgan fingerprint density at radius 2 is 2.15 bits per heavy atom. The molecular formula is C9H8N4. The molecule has 0 atom stereocenters. The van der Waals surface area contributed by atoms with Crippen LogP contribution >= 0.6 is 0 Å². The van der Waals surface area contributed by atoms with Crippen molar-refractivity contribution in [3.63, 3.8) is 0 Å². The molecule has 1 aromatic carbocycles. The van der Waals surface area contributed by atoms with Crippen molar-refractivity contribution in [2.75, 3.05) is 5.43 Å². The van der Waals surface area contributed by atoms with Gasteiger partial charge in [0.15, 0.2) is 5.82 Å². The molecule has 0 saturated heterocycles. The van der Waals surface area contributed by atoms with E-state index in [1.165, 1.54) is 0 Å². The normalized spacial score (nSPS) is 9.85. The zero-order valence-electron chi connectivity index (χ0n) is 6.94. The van der Waals surface area contributed by atoms with Crippen LogP contribution < -0.4 is 5.43 Å². The Labute approximate surface area is 75.3 Å². The Kier molecular flexibility index (Phi) is 1.88. The maximum Gasteiger partial charge on any atom is 0.176 e. The number of hydrazone groups is 1. The number of anilines is 1. The highest BCUT2D eigenvalue weighted by Gasteiger charge is 1.99. The van der Waals surface area contributed by atoms with Crippen LogP contribution in [0.2, 0.25) is 0 Å². The van der Waals surface area contributed by atoms with E-state index >= 15 is 0 Å². The first kappa shape index (κ1) is 7.67. The molecule has 0 bridgehead atoms. The lowest BCUT2D eigenvalue weighted by Gasteiger charge is -2.01. The lowest BCUT2D eigenvalue weighted by Crippen LogP contribution is -1.93. The van der Waals surface area contributed by atoms with Crippen molar-refractivity contribution < 1.29 is 0 Å². The topological polar surface area (TPSA) is 50.2 Å². The van der Waals surface area contributed by atoms with Gasteiger partial charge in [0, 0.05) is 17.5 Å². The van der Waals surface area contributed by atoms with Crippen LogP contribution in [0.15, 0.2) is 35.6 Å². The first-order valence-electron chi connectivity index (χ1n) is 3.84. The van der Waals surface area contributed by atoms with Crippen molar-refractivity contribution in [1.29, 1.82) is 0 Å². The maximum absolute atomic E-state index is 3.90. The minimum absolute atomic E-state index is 0.633. The summed E-state index contributed by atoms with van der Waals surface area (Å²) in [6, 6.07) is 7.82. The highest BCUT2D eigenvalue weighted by atomic mass is 15.3. The van der Waals surface area contributed by atoms with Crippen LogP contribution in [0.25, 0.3) is 10.8 Å². The van der Waals surface area contributed by atoms with Gasteiger partial charge in [-0.25, -0.2) is 0 Å². The lowest BCUT2D eigenvalue weighted by atomic mass is 10.2. The van der Waals surface area contributed by atoms with Crippen LogP contribution in [-0.4, -0.2) is 16.9 Å². The van der Waals surface area contributed by atoms with Gasteiger partial charge in [-0.3, -0.25) is 5.43 Å². The van der Waals surface area contributed by atoms with Gasteiger partial charge in [0.2, 0.25) is 0 Å². The molecule has 0 aliphatic carbocycles. The van der Waals surface area contributed by atoms with E-state index in [0.717, 1.165) is 10.8 Å². The van der Waals surface area contributed by atoms with E-state index in [0.29, 0.717) is 5.82 Å². The molecule has 13 heavy (non-hydrogen) atoms. The van der Waals surface area contributed by atoms with Gasteiger partial charge in [-0.15, -0.1) is 5.10 Å². The van der Waals surface area contributed by atoms with Crippen LogP contribution in [0.1, 0.15) is 0 Å². The Morgan fingerprint density at radius 1 is 1.31 bits per heavy atom. The van der Waals surface area contributed by atoms with E-state index in [-0.39, 0.29) is 0 Å². The molecule has 0 amide bonds. The van der Waals surface area contributed by atoms with E-state index < -0.39 is 0 Å². The fourth-order valence-electron chi connectivity index (χ4n) is 1.19. The third-order valence-corrected chi connectivity index (χ3v) is 1.76. The molecule has 0 unspecified atom stereocenters. The Hall–Kier alpha value is -1.97. The SMILES string of the molecule is C=NNc1nncc2ccccc12. The number of hydrogen-bond acceptors (Lipinski definition) is 4. The third-order valence-electron chi connectivity index (χ3n) is 1.76. The smallest absolute Gasteiger partial charge is 0.176 e. The quantitative estimate of drug-likeness (QED) is 0.553. The molecule has 2 rings (SSSR count). The summed E-state index contributed by atoms with van der Waals surface area (Å²) < 4.78 is 0. The number of aromatic nitrogens is 2. The molecule has 0 aliphatic rings. The van der Waals surface area contributed by atoms with Crippen LogP contribution in [0.5, 0.6) is 0 Å². The summed E-state index contributed by atoms with van der Waals surface area (Å²) in [4.78, 5) is 0. The molecule has 1 N–H and O–H groups in total. The fourth-order valence-corrected chi connectivity index (χ4v) is 1.19. The number of fused-ring (bicyclic) bond motifs is 1. The Bertz CT molecular complexity index is 433. The van der Waals surface area contributed by atoms with Crippen molar-refractivity contribution in [3.05, 3.63) is 30.5 Å². The zero-order chi connectivity index (χ0) is 9.10. The van der Waals surface area contributed by atoms with Gasteiger partial charge in [-0.2, -0.15) is 10.2 Å². The van der Waals surface area contributed by atoms with Crippen LogP contribution in [0.4, 0.5) is 5.82 Å². The summed E-state index contributed by atoms with van der Waals surface area (Å²) in [7, 11) is 0. The number of nitrogens with zero attached hydrogens (tertiary/aromatic N) is 3. The minimum Gasteiger partial charge on any atom is -0.260 e. The number of benzene rings is 1. The summed E-state index contributed by atoms with van der Waals surface area (Å²) >= 11 is 0. The molecule has 0 aliphatic heterocycles. The van der Waals surface area contributed by atoms with E-state index in [9.17, 15) is 0 Å². The van der Waals surface area contributed by atoms with Gasteiger partial charge in [-0.1, -0.05) is 24.3 Å². The lowest BCUT2D eigenvalue weighted by molar-refractivity contribution is 1.04. The van der Waals surface area contributed by atoms with E-state index in [2.05, 4.69) is 27.4 Å². The third kappa shape index (κ3) is 1.33. The largest absolute Gasteiger partial charge is 0.260 e. The highest BCUT2D eigenvalue weighted by molar-refractivity contribution is 5.90. The van der Waals surface area contributed by atoms with Gasteiger partial charge in [-0.05, 0) is 0 Å². The molecule has 0 fully saturated rings. The molecule has 2 aromatic rings. The van der Waals surface area contributed by atoms with Gasteiger partial charge < -0.3 is 0 Å². The minimum atomic E-state index is 0.633. The summed E-state index contributed by atoms with van der Waals surface area (Å²) in [5.41, 5.74) is 2.69. The van der Waals surface area contributed by atoms with Gasteiger partial charge >= 0.3 is 0 Å². The van der Waals surface area contributed by atoms with Gasteiger partial charge in [0.05, 0.1) is 6.20 Å². The molecule has 1 heterocycles. The molecule has 0 saturated carbocycles. The van der Waals surface area contributed by atoms with Crippen LogP contribution in [-0.2, 0) is 0 Å². The van der Waals surface area contributed by atoms with E-state index in [1.807, 2.05) is 24.3 Å². The van der Waals surface area contributed by atoms with E-state index in [1.54, 1.807) is 6.20 Å². The molecule has 4 heteroatoms. The predicted octanol–water partition coefficient (Wildman–Crippen LogP) is 1.66. The Balaban J connectivity index is 2.68.